The second kappa shape index (κ2) is 6.40. The number of phenolic OH excluding ortho intramolecular Hbond substituents is 1. The molecule has 1 aromatic rings. The molecule has 2 heterocycles. The Labute approximate surface area is 162 Å². The first kappa shape index (κ1) is 18.6. The molecule has 1 N–H and O–H groups in total. The molecule has 2 fully saturated rings. The van der Waals surface area contributed by atoms with E-state index >= 15 is 0 Å². The van der Waals surface area contributed by atoms with Gasteiger partial charge in [-0.1, -0.05) is 32.9 Å². The quantitative estimate of drug-likeness (QED) is 0.864. The molecule has 0 radical (unpaired) electrons. The Morgan fingerprint density at radius 3 is 2.78 bits per heavy atom. The lowest BCUT2D eigenvalue weighted by atomic mass is 9.51. The van der Waals surface area contributed by atoms with Gasteiger partial charge in [0.05, 0.1) is 12.6 Å². The molecule has 1 aromatic carbocycles. The number of carbonyl (C=O) groups excluding carboxylic acids is 1. The Morgan fingerprint density at radius 1 is 1.26 bits per heavy atom. The maximum atomic E-state index is 13.5. The molecular weight excluding hydrogens is 340 g/mol. The first-order valence-corrected chi connectivity index (χ1v) is 10.2. The minimum atomic E-state index is -0.0574. The normalized spacial score (nSPS) is 31.7. The molecule has 2 aliphatic heterocycles. The summed E-state index contributed by atoms with van der Waals surface area (Å²) in [5.74, 6) is 0.368. The molecule has 3 aliphatic rings. The van der Waals surface area contributed by atoms with Crippen molar-refractivity contribution in [1.29, 1.82) is 0 Å². The van der Waals surface area contributed by atoms with Crippen LogP contribution in [0, 0.1) is 5.41 Å². The molecular formula is C22H32N2O3. The van der Waals surface area contributed by atoms with Crippen LogP contribution in [0.3, 0.4) is 0 Å². The third-order valence-corrected chi connectivity index (χ3v) is 7.85. The predicted octanol–water partition coefficient (Wildman–Crippen LogP) is 3.54. The largest absolute Gasteiger partial charge is 0.508 e. The molecule has 0 spiro atoms. The van der Waals surface area contributed by atoms with Crippen molar-refractivity contribution in [3.05, 3.63) is 29.3 Å². The number of methoxy groups -OCH3 is 1. The van der Waals surface area contributed by atoms with Crippen molar-refractivity contribution < 1.29 is 14.6 Å². The monoisotopic (exact) mass is 372 g/mol. The van der Waals surface area contributed by atoms with E-state index in [1.54, 1.807) is 13.2 Å². The average Bonchev–Trinajstić information content (AvgIpc) is 3.07. The summed E-state index contributed by atoms with van der Waals surface area (Å²) in [7, 11) is 1.71. The van der Waals surface area contributed by atoms with Gasteiger partial charge >= 0.3 is 6.03 Å². The van der Waals surface area contributed by atoms with Gasteiger partial charge in [0, 0.05) is 31.7 Å². The van der Waals surface area contributed by atoms with Gasteiger partial charge in [0.1, 0.15) is 5.75 Å². The Kier molecular flexibility index (Phi) is 4.41. The van der Waals surface area contributed by atoms with Crippen LogP contribution in [0.15, 0.2) is 18.2 Å². The summed E-state index contributed by atoms with van der Waals surface area (Å²) in [5.41, 5.74) is 2.18. The van der Waals surface area contributed by atoms with Crippen molar-refractivity contribution >= 4 is 6.03 Å². The van der Waals surface area contributed by atoms with Gasteiger partial charge in [-0.3, -0.25) is 0 Å². The molecule has 0 aromatic heterocycles. The van der Waals surface area contributed by atoms with Crippen molar-refractivity contribution in [1.82, 2.24) is 9.80 Å². The van der Waals surface area contributed by atoms with Gasteiger partial charge < -0.3 is 19.6 Å². The fourth-order valence-electron chi connectivity index (χ4n) is 5.77. The second-order valence-corrected chi connectivity index (χ2v) is 9.25. The second-order valence-electron chi connectivity index (χ2n) is 9.25. The minimum Gasteiger partial charge on any atom is -0.508 e. The van der Waals surface area contributed by atoms with Crippen LogP contribution in [0.25, 0.3) is 0 Å². The lowest BCUT2D eigenvalue weighted by Crippen LogP contribution is -2.66. The summed E-state index contributed by atoms with van der Waals surface area (Å²) in [5, 5.41) is 10.5. The number of benzene rings is 1. The summed E-state index contributed by atoms with van der Waals surface area (Å²) in [6.45, 7) is 9.09. The number of piperidine rings is 1. The molecule has 3 atom stereocenters. The molecule has 5 heteroatoms. The Bertz CT molecular complexity index is 747. The highest BCUT2D eigenvalue weighted by Crippen LogP contribution is 2.57. The third kappa shape index (κ3) is 2.58. The highest BCUT2D eigenvalue weighted by molar-refractivity contribution is 5.76. The Hall–Kier alpha value is -1.75. The van der Waals surface area contributed by atoms with E-state index in [1.165, 1.54) is 5.56 Å². The van der Waals surface area contributed by atoms with Gasteiger partial charge in [0.15, 0.2) is 0 Å². The van der Waals surface area contributed by atoms with Crippen LogP contribution in [0.1, 0.15) is 51.2 Å². The lowest BCUT2D eigenvalue weighted by Gasteiger charge is -2.61. The maximum absolute atomic E-state index is 13.5. The molecule has 2 bridgehead atoms. The topological polar surface area (TPSA) is 53.0 Å². The van der Waals surface area contributed by atoms with Crippen LogP contribution in [0.2, 0.25) is 0 Å². The number of rotatable bonds is 2. The molecule has 1 aliphatic carbocycles. The fraction of sp³-hybridized carbons (Fsp3) is 0.682. The number of likely N-dealkylation sites (tertiary alicyclic amines) is 2. The van der Waals surface area contributed by atoms with Crippen molar-refractivity contribution in [2.45, 2.75) is 64.0 Å². The van der Waals surface area contributed by atoms with E-state index in [0.29, 0.717) is 12.4 Å². The van der Waals surface area contributed by atoms with Gasteiger partial charge in [0.25, 0.3) is 0 Å². The first-order valence-electron chi connectivity index (χ1n) is 10.2. The molecule has 0 saturated carbocycles. The number of ether oxygens (including phenoxy) is 1. The van der Waals surface area contributed by atoms with Gasteiger partial charge in [-0.15, -0.1) is 0 Å². The third-order valence-electron chi connectivity index (χ3n) is 7.85. The Morgan fingerprint density at radius 2 is 2.04 bits per heavy atom. The highest BCUT2D eigenvalue weighted by Gasteiger charge is 2.57. The van der Waals surface area contributed by atoms with Gasteiger partial charge in [0.2, 0.25) is 0 Å². The minimum absolute atomic E-state index is 0.0439. The van der Waals surface area contributed by atoms with E-state index < -0.39 is 0 Å². The predicted molar refractivity (Wildman–Crippen MR) is 105 cm³/mol. The number of amides is 2. The summed E-state index contributed by atoms with van der Waals surface area (Å²) < 4.78 is 5.35. The summed E-state index contributed by atoms with van der Waals surface area (Å²) in [6.07, 6.45) is 3.70. The molecule has 27 heavy (non-hydrogen) atoms. The zero-order chi connectivity index (χ0) is 19.4. The van der Waals surface area contributed by atoms with Crippen molar-refractivity contribution in [3.63, 3.8) is 0 Å². The molecule has 5 nitrogen and oxygen atoms in total. The van der Waals surface area contributed by atoms with Crippen molar-refractivity contribution in [2.24, 2.45) is 5.41 Å². The van der Waals surface area contributed by atoms with Crippen LogP contribution in [-0.4, -0.2) is 59.8 Å². The first-order chi connectivity index (χ1) is 12.8. The molecule has 2 saturated heterocycles. The van der Waals surface area contributed by atoms with Crippen LogP contribution < -0.4 is 0 Å². The number of urea groups is 1. The summed E-state index contributed by atoms with van der Waals surface area (Å²) in [6, 6.07) is 6.31. The zero-order valence-electron chi connectivity index (χ0n) is 17.0. The van der Waals surface area contributed by atoms with Gasteiger partial charge in [-0.25, -0.2) is 4.79 Å². The van der Waals surface area contributed by atoms with E-state index in [9.17, 15) is 9.90 Å². The molecule has 1 unspecified atom stereocenters. The SMILES string of the molecule is COCC1CCCN1C(=O)N1CC[C@@]2(C)c3cccc(O)c3C[C@@H]1C2(C)C. The van der Waals surface area contributed by atoms with E-state index in [2.05, 4.69) is 31.7 Å². The summed E-state index contributed by atoms with van der Waals surface area (Å²) >= 11 is 0. The van der Waals surface area contributed by atoms with Crippen LogP contribution in [0.4, 0.5) is 4.79 Å². The van der Waals surface area contributed by atoms with Gasteiger partial charge in [-0.2, -0.15) is 0 Å². The van der Waals surface area contributed by atoms with E-state index in [-0.39, 0.29) is 28.9 Å². The standard InChI is InChI=1S/C22H32N2O3/c1-21(2)19-13-16-17(8-5-9-18(16)25)22(21,3)10-12-24(19)20(26)23-11-6-7-15(23)14-27-4/h5,8-9,15,19,25H,6-7,10-14H2,1-4H3/t15?,19-,22+/m1/s1. The van der Waals surface area contributed by atoms with Crippen LogP contribution >= 0.6 is 0 Å². The molecule has 4 rings (SSSR count). The smallest absolute Gasteiger partial charge is 0.320 e. The zero-order valence-corrected chi connectivity index (χ0v) is 17.0. The Balaban J connectivity index is 1.69. The number of nitrogens with zero attached hydrogens (tertiary/aromatic N) is 2. The van der Waals surface area contributed by atoms with Crippen molar-refractivity contribution in [2.75, 3.05) is 26.8 Å². The maximum Gasteiger partial charge on any atom is 0.320 e. The number of fused-ring (bicyclic) bond motifs is 4. The van der Waals surface area contributed by atoms with Crippen LogP contribution in [0.5, 0.6) is 5.75 Å². The highest BCUT2D eigenvalue weighted by atomic mass is 16.5. The van der Waals surface area contributed by atoms with Crippen molar-refractivity contribution in [3.8, 4) is 5.75 Å². The molecule has 2 amide bonds. The van der Waals surface area contributed by atoms with E-state index in [1.807, 2.05) is 11.0 Å². The number of hydrogen-bond acceptors (Lipinski definition) is 3. The van der Waals surface area contributed by atoms with Crippen LogP contribution in [-0.2, 0) is 16.6 Å². The fourth-order valence-corrected chi connectivity index (χ4v) is 5.77. The average molecular weight is 373 g/mol. The number of phenols is 1. The number of carbonyl (C=O) groups is 1. The summed E-state index contributed by atoms with van der Waals surface area (Å²) in [4.78, 5) is 17.6. The number of aromatic hydroxyl groups is 1. The van der Waals surface area contributed by atoms with Gasteiger partial charge in [-0.05, 0) is 48.3 Å². The lowest BCUT2D eigenvalue weighted by molar-refractivity contribution is -0.0261. The number of hydrogen-bond donors (Lipinski definition) is 1. The van der Waals surface area contributed by atoms with E-state index in [4.69, 9.17) is 4.74 Å². The molecule has 148 valence electrons. The van der Waals surface area contributed by atoms with E-state index in [0.717, 1.165) is 44.3 Å².